The number of rotatable bonds is 2. The molecule has 6 heteroatoms. The van der Waals surface area contributed by atoms with Crippen LogP contribution in [0.5, 0.6) is 0 Å². The van der Waals surface area contributed by atoms with Gasteiger partial charge in [0, 0.05) is 31.5 Å². The van der Waals surface area contributed by atoms with E-state index in [2.05, 4.69) is 14.7 Å². The summed E-state index contributed by atoms with van der Waals surface area (Å²) in [4.78, 5) is 16.9. The Morgan fingerprint density at radius 2 is 2.36 bits per heavy atom. The Bertz CT molecular complexity index is 345. The highest BCUT2D eigenvalue weighted by Crippen LogP contribution is 2.16. The van der Waals surface area contributed by atoms with Gasteiger partial charge in [-0.15, -0.1) is 0 Å². The number of nitrogens with zero attached hydrogens (tertiary/aromatic N) is 3. The molecule has 0 unspecified atom stereocenters. The minimum atomic E-state index is 0.136. The number of amides is 1. The van der Waals surface area contributed by atoms with Crippen LogP contribution in [0.25, 0.3) is 0 Å². The average Bonchev–Trinajstić information content (AvgIpc) is 2.42. The summed E-state index contributed by atoms with van der Waals surface area (Å²) in [6.45, 7) is 5.00. The summed E-state index contributed by atoms with van der Waals surface area (Å²) in [6, 6.07) is 0.339. The Morgan fingerprint density at radius 3 is 2.86 bits per heavy atom. The number of likely N-dealkylation sites (tertiary alicyclic amines) is 1. The van der Waals surface area contributed by atoms with Gasteiger partial charge in [-0.2, -0.15) is 4.37 Å². The molecule has 2 rings (SSSR count). The molecular formula is C8H12N4OS. The Morgan fingerprint density at radius 1 is 1.64 bits per heavy atom. The highest BCUT2D eigenvalue weighted by molar-refractivity contribution is 7.09. The molecular weight excluding hydrogens is 200 g/mol. The highest BCUT2D eigenvalue weighted by atomic mass is 32.1. The van der Waals surface area contributed by atoms with E-state index in [1.807, 2.05) is 6.92 Å². The van der Waals surface area contributed by atoms with Crippen molar-refractivity contribution in [1.82, 2.24) is 14.3 Å². The van der Waals surface area contributed by atoms with Gasteiger partial charge in [0.15, 0.2) is 0 Å². The zero-order valence-corrected chi connectivity index (χ0v) is 8.97. The summed E-state index contributed by atoms with van der Waals surface area (Å²) >= 11 is 1.36. The van der Waals surface area contributed by atoms with E-state index >= 15 is 0 Å². The first-order valence-electron chi connectivity index (χ1n) is 4.47. The number of nitrogens with one attached hydrogen (secondary N) is 1. The van der Waals surface area contributed by atoms with Crippen LogP contribution in [0.3, 0.4) is 0 Å². The molecule has 1 aromatic heterocycles. The molecule has 1 fully saturated rings. The molecule has 0 saturated carbocycles. The maximum atomic E-state index is 10.9. The predicted molar refractivity (Wildman–Crippen MR) is 54.3 cm³/mol. The number of hydrogen-bond donors (Lipinski definition) is 1. The lowest BCUT2D eigenvalue weighted by molar-refractivity contribution is -0.132. The van der Waals surface area contributed by atoms with Crippen LogP contribution < -0.4 is 5.32 Å². The molecule has 2 heterocycles. The third kappa shape index (κ3) is 1.84. The molecule has 0 bridgehead atoms. The van der Waals surface area contributed by atoms with E-state index in [0.717, 1.165) is 24.0 Å². The van der Waals surface area contributed by atoms with E-state index in [9.17, 15) is 4.79 Å². The van der Waals surface area contributed by atoms with Crippen LogP contribution >= 0.6 is 11.5 Å². The van der Waals surface area contributed by atoms with Crippen LogP contribution in [0.1, 0.15) is 12.7 Å². The van der Waals surface area contributed by atoms with Crippen LogP contribution in [0.2, 0.25) is 0 Å². The van der Waals surface area contributed by atoms with Crippen molar-refractivity contribution in [1.29, 1.82) is 0 Å². The molecule has 0 aromatic carbocycles. The minimum absolute atomic E-state index is 0.136. The first-order chi connectivity index (χ1) is 6.65. The van der Waals surface area contributed by atoms with Crippen molar-refractivity contribution in [3.8, 4) is 0 Å². The second-order valence-electron chi connectivity index (χ2n) is 3.41. The lowest BCUT2D eigenvalue weighted by Crippen LogP contribution is -2.56. The van der Waals surface area contributed by atoms with Crippen LogP contribution in [0.15, 0.2) is 0 Å². The van der Waals surface area contributed by atoms with Crippen molar-refractivity contribution in [3.63, 3.8) is 0 Å². The van der Waals surface area contributed by atoms with Crippen LogP contribution in [-0.2, 0) is 4.79 Å². The highest BCUT2D eigenvalue weighted by Gasteiger charge is 2.28. The summed E-state index contributed by atoms with van der Waals surface area (Å²) in [5.41, 5.74) is 0. The van der Waals surface area contributed by atoms with Gasteiger partial charge in [-0.3, -0.25) is 4.79 Å². The Kier molecular flexibility index (Phi) is 2.37. The molecule has 1 aromatic rings. The van der Waals surface area contributed by atoms with Crippen molar-refractivity contribution in [2.24, 2.45) is 0 Å². The van der Waals surface area contributed by atoms with Crippen molar-refractivity contribution in [2.45, 2.75) is 19.9 Å². The first kappa shape index (κ1) is 9.39. The molecule has 14 heavy (non-hydrogen) atoms. The third-order valence-electron chi connectivity index (χ3n) is 2.18. The van der Waals surface area contributed by atoms with Crippen molar-refractivity contribution in [3.05, 3.63) is 5.82 Å². The number of carbonyl (C=O) groups excluding carboxylic acids is 1. The number of anilines is 1. The quantitative estimate of drug-likeness (QED) is 0.775. The van der Waals surface area contributed by atoms with Gasteiger partial charge >= 0.3 is 0 Å². The van der Waals surface area contributed by atoms with E-state index in [1.165, 1.54) is 11.5 Å². The van der Waals surface area contributed by atoms with Gasteiger partial charge in [-0.05, 0) is 6.92 Å². The molecule has 0 radical (unpaired) electrons. The molecule has 5 nitrogen and oxygen atoms in total. The summed E-state index contributed by atoms with van der Waals surface area (Å²) in [5.74, 6) is 0.928. The van der Waals surface area contributed by atoms with Crippen LogP contribution in [0.4, 0.5) is 5.13 Å². The normalized spacial score (nSPS) is 16.6. The smallest absolute Gasteiger partial charge is 0.219 e. The zero-order valence-electron chi connectivity index (χ0n) is 8.15. The lowest BCUT2D eigenvalue weighted by Gasteiger charge is -2.38. The van der Waals surface area contributed by atoms with Gasteiger partial charge in [0.1, 0.15) is 5.82 Å². The summed E-state index contributed by atoms with van der Waals surface area (Å²) in [5, 5.41) is 4.08. The second kappa shape index (κ2) is 3.53. The third-order valence-corrected chi connectivity index (χ3v) is 2.92. The fourth-order valence-electron chi connectivity index (χ4n) is 1.36. The maximum absolute atomic E-state index is 10.9. The molecule has 1 N–H and O–H groups in total. The number of hydrogen-bond acceptors (Lipinski definition) is 5. The molecule has 0 aliphatic carbocycles. The van der Waals surface area contributed by atoms with Gasteiger partial charge in [-0.1, -0.05) is 0 Å². The molecule has 0 atom stereocenters. The Balaban J connectivity index is 1.82. The SMILES string of the molecule is CC(=O)N1CC(Nc2nc(C)ns2)C1. The van der Waals surface area contributed by atoms with Crippen molar-refractivity contribution in [2.75, 3.05) is 18.4 Å². The molecule has 1 aliphatic heterocycles. The largest absolute Gasteiger partial charge is 0.354 e. The molecule has 76 valence electrons. The van der Waals surface area contributed by atoms with E-state index < -0.39 is 0 Å². The molecule has 0 spiro atoms. The summed E-state index contributed by atoms with van der Waals surface area (Å²) < 4.78 is 4.07. The van der Waals surface area contributed by atoms with E-state index in [0.29, 0.717) is 6.04 Å². The number of carbonyl (C=O) groups is 1. The molecule has 1 amide bonds. The summed E-state index contributed by atoms with van der Waals surface area (Å²) in [6.07, 6.45) is 0. The summed E-state index contributed by atoms with van der Waals surface area (Å²) in [7, 11) is 0. The van der Waals surface area contributed by atoms with Crippen LogP contribution in [-0.4, -0.2) is 39.3 Å². The van der Waals surface area contributed by atoms with E-state index in [4.69, 9.17) is 0 Å². The maximum Gasteiger partial charge on any atom is 0.219 e. The first-order valence-corrected chi connectivity index (χ1v) is 5.25. The Hall–Kier alpha value is -1.17. The standard InChI is InChI=1S/C8H12N4OS/c1-5-9-8(14-11-5)10-7-3-12(4-7)6(2)13/h7H,3-4H2,1-2H3,(H,9,10,11). The second-order valence-corrected chi connectivity index (χ2v) is 4.16. The monoisotopic (exact) mass is 212 g/mol. The van der Waals surface area contributed by atoms with Crippen molar-refractivity contribution < 1.29 is 4.79 Å². The number of aryl methyl sites for hydroxylation is 1. The predicted octanol–water partition coefficient (Wildman–Crippen LogP) is 0.489. The van der Waals surface area contributed by atoms with E-state index in [-0.39, 0.29) is 5.91 Å². The topological polar surface area (TPSA) is 58.1 Å². The minimum Gasteiger partial charge on any atom is -0.354 e. The fraction of sp³-hybridized carbons (Fsp3) is 0.625. The van der Waals surface area contributed by atoms with Crippen molar-refractivity contribution >= 4 is 22.6 Å². The van der Waals surface area contributed by atoms with E-state index in [1.54, 1.807) is 11.8 Å². The zero-order chi connectivity index (χ0) is 10.1. The van der Waals surface area contributed by atoms with Gasteiger partial charge in [0.25, 0.3) is 0 Å². The molecule has 1 aliphatic rings. The van der Waals surface area contributed by atoms with Gasteiger partial charge in [0.05, 0.1) is 6.04 Å². The Labute approximate surface area is 86.3 Å². The average molecular weight is 212 g/mol. The van der Waals surface area contributed by atoms with Gasteiger partial charge in [-0.25, -0.2) is 4.98 Å². The van der Waals surface area contributed by atoms with Crippen LogP contribution in [0, 0.1) is 6.92 Å². The fourth-order valence-corrected chi connectivity index (χ4v) is 2.01. The number of aromatic nitrogens is 2. The molecule has 1 saturated heterocycles. The van der Waals surface area contributed by atoms with Gasteiger partial charge < -0.3 is 10.2 Å². The lowest BCUT2D eigenvalue weighted by atomic mass is 10.1. The van der Waals surface area contributed by atoms with Gasteiger partial charge in [0.2, 0.25) is 11.0 Å².